The van der Waals surface area contributed by atoms with Crippen LogP contribution in [0.3, 0.4) is 0 Å². The molecule has 0 radical (unpaired) electrons. The van der Waals surface area contributed by atoms with Crippen LogP contribution in [-0.2, 0) is 16.5 Å². The van der Waals surface area contributed by atoms with Crippen LogP contribution in [0.5, 0.6) is 0 Å². The number of ether oxygens (including phenoxy) is 1. The number of hydrogen-bond donors (Lipinski definition) is 1. The van der Waals surface area contributed by atoms with Crippen LogP contribution < -0.4 is 4.90 Å². The summed E-state index contributed by atoms with van der Waals surface area (Å²) in [6, 6.07) is 12.3. The minimum Gasteiger partial charge on any atom is -0.380 e. The number of anilines is 1. The highest BCUT2D eigenvalue weighted by molar-refractivity contribution is 5.94. The third-order valence-electron chi connectivity index (χ3n) is 6.68. The summed E-state index contributed by atoms with van der Waals surface area (Å²) in [5.74, 6) is 0.579. The molecule has 3 fully saturated rings. The molecule has 31 heavy (non-hydrogen) atoms. The minimum absolute atomic E-state index is 0.0288. The third kappa shape index (κ3) is 3.68. The Bertz CT molecular complexity index is 957. The number of amides is 1. The van der Waals surface area contributed by atoms with Crippen LogP contribution in [0, 0.1) is 11.8 Å². The predicted molar refractivity (Wildman–Crippen MR) is 108 cm³/mol. The van der Waals surface area contributed by atoms with E-state index in [0.29, 0.717) is 30.5 Å². The summed E-state index contributed by atoms with van der Waals surface area (Å²) in [7, 11) is 0. The van der Waals surface area contributed by atoms with Crippen molar-refractivity contribution in [2.45, 2.75) is 11.8 Å². The summed E-state index contributed by atoms with van der Waals surface area (Å²) in [4.78, 5) is 16.9. The predicted octanol–water partition coefficient (Wildman–Crippen LogP) is 3.13. The Morgan fingerprint density at radius 1 is 0.935 bits per heavy atom. The van der Waals surface area contributed by atoms with Gasteiger partial charge in [0.15, 0.2) is 0 Å². The number of carbonyl (C=O) groups is 1. The Kier molecular flexibility index (Phi) is 4.75. The second-order valence-electron chi connectivity index (χ2n) is 8.78. The van der Waals surface area contributed by atoms with Gasteiger partial charge in [-0.15, -0.1) is 0 Å². The van der Waals surface area contributed by atoms with Gasteiger partial charge in [0.25, 0.3) is 5.91 Å². The van der Waals surface area contributed by atoms with Crippen molar-refractivity contribution < 1.29 is 27.8 Å². The molecule has 0 bridgehead atoms. The van der Waals surface area contributed by atoms with Gasteiger partial charge in [0.1, 0.15) is 5.60 Å². The second-order valence-corrected chi connectivity index (χ2v) is 8.78. The molecule has 1 amide bonds. The van der Waals surface area contributed by atoms with Crippen molar-refractivity contribution in [3.8, 4) is 0 Å². The van der Waals surface area contributed by atoms with E-state index in [4.69, 9.17) is 4.74 Å². The van der Waals surface area contributed by atoms with Crippen molar-refractivity contribution in [3.05, 3.63) is 65.2 Å². The van der Waals surface area contributed by atoms with Crippen molar-refractivity contribution in [3.63, 3.8) is 0 Å². The summed E-state index contributed by atoms with van der Waals surface area (Å²) in [5, 5.41) is 10.3. The topological polar surface area (TPSA) is 53.0 Å². The lowest BCUT2D eigenvalue weighted by molar-refractivity contribution is -0.184. The van der Waals surface area contributed by atoms with Gasteiger partial charge in [0.2, 0.25) is 0 Å². The molecule has 3 heterocycles. The third-order valence-corrected chi connectivity index (χ3v) is 6.68. The van der Waals surface area contributed by atoms with Gasteiger partial charge >= 0.3 is 6.18 Å². The number of likely N-dealkylation sites (tertiary alicyclic amines) is 1. The fraction of sp³-hybridized carbons (Fsp3) is 0.435. The average Bonchev–Trinajstić information content (AvgIpc) is 3.30. The van der Waals surface area contributed by atoms with E-state index >= 15 is 0 Å². The summed E-state index contributed by atoms with van der Waals surface area (Å²) in [6.45, 7) is 3.27. The molecule has 2 atom stereocenters. The summed E-state index contributed by atoms with van der Waals surface area (Å²) in [5.41, 5.74) is 0.533. The molecule has 5 rings (SSSR count). The normalized spacial score (nSPS) is 24.8. The zero-order valence-electron chi connectivity index (χ0n) is 16.8. The molecule has 5 nitrogen and oxygen atoms in total. The van der Waals surface area contributed by atoms with E-state index in [1.807, 2.05) is 4.90 Å². The molecule has 2 unspecified atom stereocenters. The molecule has 0 saturated carbocycles. The molecule has 2 aromatic rings. The van der Waals surface area contributed by atoms with E-state index in [0.717, 1.165) is 36.5 Å². The molecule has 164 valence electrons. The molecule has 0 aliphatic carbocycles. The van der Waals surface area contributed by atoms with E-state index in [1.165, 1.54) is 12.1 Å². The Morgan fingerprint density at radius 3 is 2.00 bits per heavy atom. The molecule has 0 aromatic heterocycles. The Balaban J connectivity index is 1.20. The number of alkyl halides is 3. The van der Waals surface area contributed by atoms with Crippen molar-refractivity contribution in [1.29, 1.82) is 0 Å². The number of benzene rings is 2. The van der Waals surface area contributed by atoms with Crippen LogP contribution in [0.1, 0.15) is 21.5 Å². The maximum absolute atomic E-state index is 12.9. The average molecular weight is 432 g/mol. The Morgan fingerprint density at radius 2 is 1.52 bits per heavy atom. The maximum atomic E-state index is 12.9. The Labute approximate surface area is 178 Å². The molecule has 3 saturated heterocycles. The lowest BCUT2D eigenvalue weighted by Crippen LogP contribution is -2.46. The first-order chi connectivity index (χ1) is 14.7. The van der Waals surface area contributed by atoms with E-state index < -0.39 is 17.3 Å². The number of aliphatic hydroxyl groups is 1. The lowest BCUT2D eigenvalue weighted by atomic mass is 9.91. The fourth-order valence-electron chi connectivity index (χ4n) is 4.80. The van der Waals surface area contributed by atoms with Crippen LogP contribution in [-0.4, -0.2) is 55.3 Å². The molecule has 3 aliphatic heterocycles. The largest absolute Gasteiger partial charge is 0.416 e. The van der Waals surface area contributed by atoms with E-state index in [1.54, 1.807) is 24.3 Å². The first kappa shape index (κ1) is 20.3. The minimum atomic E-state index is -4.33. The van der Waals surface area contributed by atoms with Crippen molar-refractivity contribution in [2.75, 3.05) is 44.3 Å². The summed E-state index contributed by atoms with van der Waals surface area (Å²) >= 11 is 0. The number of rotatable bonds is 3. The van der Waals surface area contributed by atoms with Crippen LogP contribution in [0.2, 0.25) is 0 Å². The van der Waals surface area contributed by atoms with Crippen LogP contribution in [0.15, 0.2) is 48.5 Å². The number of hydrogen-bond acceptors (Lipinski definition) is 4. The van der Waals surface area contributed by atoms with Crippen molar-refractivity contribution in [2.24, 2.45) is 11.8 Å². The number of carbonyl (C=O) groups excluding carboxylic acids is 1. The van der Waals surface area contributed by atoms with Crippen LogP contribution in [0.25, 0.3) is 0 Å². The van der Waals surface area contributed by atoms with Crippen molar-refractivity contribution in [1.82, 2.24) is 4.90 Å². The lowest BCUT2D eigenvalue weighted by Gasteiger charge is -2.36. The van der Waals surface area contributed by atoms with E-state index in [-0.39, 0.29) is 19.1 Å². The second kappa shape index (κ2) is 7.24. The zero-order chi connectivity index (χ0) is 21.8. The monoisotopic (exact) mass is 432 g/mol. The highest BCUT2D eigenvalue weighted by Gasteiger charge is 2.42. The first-order valence-electron chi connectivity index (χ1n) is 10.4. The Hall–Kier alpha value is -2.58. The van der Waals surface area contributed by atoms with Gasteiger partial charge in [-0.3, -0.25) is 4.79 Å². The molecule has 1 N–H and O–H groups in total. The molecular weight excluding hydrogens is 409 g/mol. The fourth-order valence-corrected chi connectivity index (χ4v) is 4.80. The molecule has 3 aliphatic rings. The van der Waals surface area contributed by atoms with Gasteiger partial charge in [-0.1, -0.05) is 12.1 Å². The zero-order valence-corrected chi connectivity index (χ0v) is 16.8. The van der Waals surface area contributed by atoms with E-state index in [9.17, 15) is 23.1 Å². The highest BCUT2D eigenvalue weighted by Crippen LogP contribution is 2.36. The standard InChI is InChI=1S/C23H23F3N2O3/c24-23(25,26)19-5-7-20(8-6-19)27-9-16-11-28(12-17(16)10-27)21(29)15-1-3-18(4-2-15)22(30)13-31-14-22/h1-8,16-17,30H,9-14H2. The van der Waals surface area contributed by atoms with Crippen LogP contribution >= 0.6 is 0 Å². The smallest absolute Gasteiger partial charge is 0.380 e. The molecule has 8 heteroatoms. The van der Waals surface area contributed by atoms with Crippen LogP contribution in [0.4, 0.5) is 18.9 Å². The highest BCUT2D eigenvalue weighted by atomic mass is 19.4. The van der Waals surface area contributed by atoms with E-state index in [2.05, 4.69) is 4.90 Å². The molecule has 2 aromatic carbocycles. The van der Waals surface area contributed by atoms with Gasteiger partial charge in [-0.2, -0.15) is 13.2 Å². The van der Waals surface area contributed by atoms with Gasteiger partial charge in [-0.05, 0) is 42.0 Å². The van der Waals surface area contributed by atoms with Gasteiger partial charge in [0.05, 0.1) is 18.8 Å². The van der Waals surface area contributed by atoms with Gasteiger partial charge < -0.3 is 19.6 Å². The first-order valence-corrected chi connectivity index (χ1v) is 10.4. The SMILES string of the molecule is O=C(c1ccc(C2(O)COC2)cc1)N1CC2CN(c3ccc(C(F)(F)F)cc3)CC2C1. The summed E-state index contributed by atoms with van der Waals surface area (Å²) < 4.78 is 43.4. The van der Waals surface area contributed by atoms with Gasteiger partial charge in [-0.25, -0.2) is 0 Å². The summed E-state index contributed by atoms with van der Waals surface area (Å²) in [6.07, 6.45) is -4.33. The van der Waals surface area contributed by atoms with Crippen molar-refractivity contribution >= 4 is 11.6 Å². The maximum Gasteiger partial charge on any atom is 0.416 e. The quantitative estimate of drug-likeness (QED) is 0.810. The number of fused-ring (bicyclic) bond motifs is 1. The molecule has 0 spiro atoms. The molecular formula is C23H23F3N2O3. The number of nitrogens with zero attached hydrogens (tertiary/aromatic N) is 2. The van der Waals surface area contributed by atoms with Gasteiger partial charge in [0, 0.05) is 49.3 Å². The number of halogens is 3.